The molecule has 0 aliphatic heterocycles. The van der Waals surface area contributed by atoms with E-state index in [0.717, 1.165) is 77.0 Å². The molecule has 0 bridgehead atoms. The summed E-state index contributed by atoms with van der Waals surface area (Å²) in [5, 5.41) is 25.9. The van der Waals surface area contributed by atoms with Gasteiger partial charge in [-0.15, -0.1) is 0 Å². The number of aryl methyl sites for hydroxylation is 5. The van der Waals surface area contributed by atoms with Crippen LogP contribution in [0.25, 0.3) is 0 Å². The van der Waals surface area contributed by atoms with Gasteiger partial charge in [-0.3, -0.25) is 0 Å². The number of hydrogen-bond donors (Lipinski definition) is 2. The first-order valence-electron chi connectivity index (χ1n) is 18.2. The van der Waals surface area contributed by atoms with Gasteiger partial charge in [0.05, 0.1) is 0 Å². The van der Waals surface area contributed by atoms with E-state index in [1.54, 1.807) is 0 Å². The van der Waals surface area contributed by atoms with E-state index in [1.807, 2.05) is 27.7 Å². The summed E-state index contributed by atoms with van der Waals surface area (Å²) in [6.45, 7) is 5.90. The molecule has 7 rings (SSSR count). The quantitative estimate of drug-likeness (QED) is 0.139. The second kappa shape index (κ2) is 14.4. The predicted molar refractivity (Wildman–Crippen MR) is 224 cm³/mol. The van der Waals surface area contributed by atoms with Gasteiger partial charge in [0.25, 0.3) is 0 Å². The van der Waals surface area contributed by atoms with E-state index in [-0.39, 0.29) is 0 Å². The topological polar surface area (TPSA) is 49.7 Å². The summed E-state index contributed by atoms with van der Waals surface area (Å²) < 4.78 is 8.40. The van der Waals surface area contributed by atoms with Crippen molar-refractivity contribution in [3.8, 4) is 17.2 Å². The van der Waals surface area contributed by atoms with Crippen LogP contribution in [0.4, 0.5) is 0 Å². The zero-order valence-electron chi connectivity index (χ0n) is 31.2. The first kappa shape index (κ1) is 35.8. The molecule has 0 unspecified atom stereocenters. The van der Waals surface area contributed by atoms with Gasteiger partial charge in [-0.05, 0) is 0 Å². The molecule has 4 heteroatoms. The fourth-order valence-electron chi connectivity index (χ4n) is 8.18. The third kappa shape index (κ3) is 6.30. The molecule has 0 saturated carbocycles. The number of benzene rings is 7. The Morgan fingerprint density at radius 1 is 0.415 bits per heavy atom. The van der Waals surface area contributed by atoms with E-state index in [4.69, 9.17) is 4.52 Å². The van der Waals surface area contributed by atoms with Crippen LogP contribution in [-0.4, -0.2) is 10.2 Å². The van der Waals surface area contributed by atoms with E-state index in [1.165, 1.54) is 0 Å². The predicted octanol–water partition coefficient (Wildman–Crippen LogP) is 9.97. The van der Waals surface area contributed by atoms with Gasteiger partial charge < -0.3 is 0 Å². The fraction of sp³-hybridized carbons (Fsp3) is 0.143. The van der Waals surface area contributed by atoms with Gasteiger partial charge in [0.2, 0.25) is 0 Å². The van der Waals surface area contributed by atoms with Crippen LogP contribution in [0.2, 0.25) is 0 Å². The van der Waals surface area contributed by atoms with E-state index in [2.05, 4.69) is 165 Å². The second-order valence-corrected chi connectivity index (χ2v) is 18.7. The molecule has 0 saturated heterocycles. The molecule has 0 aliphatic rings. The maximum atomic E-state index is 10.7. The van der Waals surface area contributed by atoms with Gasteiger partial charge in [-0.25, -0.2) is 0 Å². The zero-order valence-corrected chi connectivity index (χ0v) is 32.1. The molecule has 0 aromatic heterocycles. The average Bonchev–Trinajstić information content (AvgIpc) is 3.17. The van der Waals surface area contributed by atoms with Crippen molar-refractivity contribution in [3.63, 3.8) is 0 Å². The molecule has 0 fully saturated rings. The van der Waals surface area contributed by atoms with Gasteiger partial charge in [0.1, 0.15) is 0 Å². The van der Waals surface area contributed by atoms with Crippen molar-refractivity contribution in [2.24, 2.45) is 0 Å². The summed E-state index contributed by atoms with van der Waals surface area (Å²) in [6, 6.07) is 56.0. The van der Waals surface area contributed by atoms with Crippen LogP contribution in [0.3, 0.4) is 0 Å². The van der Waals surface area contributed by atoms with Crippen molar-refractivity contribution in [3.05, 3.63) is 208 Å². The third-order valence-corrected chi connectivity index (χ3v) is 16.2. The number of phenols is 2. The Hall–Kier alpha value is -5.63. The second-order valence-electron chi connectivity index (χ2n) is 14.4. The zero-order chi connectivity index (χ0) is 37.2. The van der Waals surface area contributed by atoms with Crippen LogP contribution in [0.15, 0.2) is 158 Å². The van der Waals surface area contributed by atoms with Crippen LogP contribution in [-0.2, 0) is 12.8 Å². The molecule has 0 atom stereocenters. The van der Waals surface area contributed by atoms with Gasteiger partial charge in [-0.2, -0.15) is 0 Å². The van der Waals surface area contributed by atoms with Crippen LogP contribution in [0, 0.1) is 34.6 Å². The Balaban J connectivity index is 1.62. The van der Waals surface area contributed by atoms with Crippen molar-refractivity contribution in [2.75, 3.05) is 0 Å². The van der Waals surface area contributed by atoms with E-state index in [0.29, 0.717) is 24.3 Å². The van der Waals surface area contributed by atoms with Crippen molar-refractivity contribution in [1.82, 2.24) is 0 Å². The molecular formula is C49H47O3P. The molecule has 7 aromatic rings. The number of rotatable bonds is 10. The Morgan fingerprint density at radius 2 is 0.698 bits per heavy atom. The van der Waals surface area contributed by atoms with Crippen molar-refractivity contribution in [1.29, 1.82) is 0 Å². The Labute approximate surface area is 314 Å². The summed E-state index contributed by atoms with van der Waals surface area (Å²) in [6.07, 6.45) is 1.22. The van der Waals surface area contributed by atoms with Crippen molar-refractivity contribution in [2.45, 2.75) is 47.5 Å². The monoisotopic (exact) mass is 714 g/mol. The molecule has 7 aromatic carbocycles. The van der Waals surface area contributed by atoms with Crippen molar-refractivity contribution < 1.29 is 14.7 Å². The molecule has 0 heterocycles. The van der Waals surface area contributed by atoms with Gasteiger partial charge in [-0.1, -0.05) is 0 Å². The van der Waals surface area contributed by atoms with E-state index in [9.17, 15) is 10.2 Å². The van der Waals surface area contributed by atoms with Gasteiger partial charge >= 0.3 is 315 Å². The molecular weight excluding hydrogens is 668 g/mol. The SMILES string of the molecule is Cc1cc(Cc2cc(C)c(O)c(C)c2)c(OP(c2ccccc2)(c2ccccc2)(c2ccccc2)c2ccccc2)c(Cc2cc(C)c(O)c(C)c2)c1. The standard InChI is InChI=1S/C49H47O3P/c1-34-26-41(32-39-28-35(2)47(50)36(3)29-39)49(42(27-34)33-40-30-37(4)48(51)38(5)31-40)52-53(43-18-10-6-11-19-43,44-20-12-7-13-21-44,45-22-14-8-15-23-45)46-24-16-9-17-25-46/h6-31,50-51H,32-33H2,1-5H3. The van der Waals surface area contributed by atoms with E-state index < -0.39 is 6.83 Å². The molecule has 0 amide bonds. The summed E-state index contributed by atoms with van der Waals surface area (Å²) in [4.78, 5) is 0. The normalized spacial score (nSPS) is 12.2. The summed E-state index contributed by atoms with van der Waals surface area (Å²) in [5.41, 5.74) is 8.91. The van der Waals surface area contributed by atoms with Gasteiger partial charge in [0, 0.05) is 0 Å². The summed E-state index contributed by atoms with van der Waals surface area (Å²) >= 11 is 0. The molecule has 266 valence electrons. The number of phenolic OH excluding ortho intramolecular Hbond substituents is 2. The van der Waals surface area contributed by atoms with Crippen LogP contribution in [0.1, 0.15) is 50.1 Å². The Kier molecular flexibility index (Phi) is 9.73. The summed E-state index contributed by atoms with van der Waals surface area (Å²) in [7, 11) is 0. The van der Waals surface area contributed by atoms with Crippen LogP contribution < -0.4 is 25.7 Å². The maximum absolute atomic E-state index is 10.7. The minimum absolute atomic E-state index is 0.333. The third-order valence-electron chi connectivity index (χ3n) is 10.5. The van der Waals surface area contributed by atoms with Gasteiger partial charge in [0.15, 0.2) is 0 Å². The molecule has 2 N–H and O–H groups in total. The van der Waals surface area contributed by atoms with Crippen LogP contribution in [0.5, 0.6) is 17.2 Å². The Morgan fingerprint density at radius 3 is 0.981 bits per heavy atom. The molecule has 0 aliphatic carbocycles. The first-order chi connectivity index (χ1) is 25.6. The number of hydrogen-bond acceptors (Lipinski definition) is 3. The van der Waals surface area contributed by atoms with E-state index >= 15 is 0 Å². The number of aromatic hydroxyl groups is 2. The molecule has 0 radical (unpaired) electrons. The Bertz CT molecular complexity index is 2090. The van der Waals surface area contributed by atoms with Crippen LogP contribution >= 0.6 is 6.83 Å². The molecule has 3 nitrogen and oxygen atoms in total. The summed E-state index contributed by atoms with van der Waals surface area (Å²) in [5.74, 6) is 1.51. The average molecular weight is 715 g/mol. The molecule has 0 spiro atoms. The minimum atomic E-state index is -4.10. The van der Waals surface area contributed by atoms with Crippen molar-refractivity contribution >= 4 is 28.0 Å². The fourth-order valence-corrected chi connectivity index (χ4v) is 14.0. The molecule has 53 heavy (non-hydrogen) atoms. The first-order valence-corrected chi connectivity index (χ1v) is 20.4.